The lowest BCUT2D eigenvalue weighted by molar-refractivity contribution is -0.140. The number of carbonyl (C=O) groups is 2. The highest BCUT2D eigenvalue weighted by atomic mass is 16.4. The second-order valence-electron chi connectivity index (χ2n) is 6.04. The predicted octanol–water partition coefficient (Wildman–Crippen LogP) is 2.70. The molecule has 1 aromatic carbocycles. The van der Waals surface area contributed by atoms with Crippen molar-refractivity contribution in [1.82, 2.24) is 0 Å². The van der Waals surface area contributed by atoms with Gasteiger partial charge in [-0.1, -0.05) is 26.0 Å². The summed E-state index contributed by atoms with van der Waals surface area (Å²) in [5, 5.41) is 9.21. The van der Waals surface area contributed by atoms with Crippen LogP contribution in [0.1, 0.15) is 26.3 Å². The summed E-state index contributed by atoms with van der Waals surface area (Å²) >= 11 is 0. The van der Waals surface area contributed by atoms with Crippen LogP contribution < -0.4 is 4.90 Å². The maximum absolute atomic E-state index is 12.6. The van der Waals surface area contributed by atoms with Gasteiger partial charge in [0.1, 0.15) is 0 Å². The first-order valence-corrected chi connectivity index (χ1v) is 6.91. The van der Waals surface area contributed by atoms with Crippen molar-refractivity contribution in [2.24, 2.45) is 17.3 Å². The fourth-order valence-corrected chi connectivity index (χ4v) is 2.99. The van der Waals surface area contributed by atoms with Crippen molar-refractivity contribution in [3.63, 3.8) is 0 Å². The second-order valence-corrected chi connectivity index (χ2v) is 6.04. The molecule has 4 heteroatoms. The summed E-state index contributed by atoms with van der Waals surface area (Å²) in [6.45, 7) is 8.12. The molecule has 20 heavy (non-hydrogen) atoms. The van der Waals surface area contributed by atoms with Gasteiger partial charge in [0, 0.05) is 12.2 Å². The Balaban J connectivity index is 2.26. The third kappa shape index (κ3) is 2.30. The van der Waals surface area contributed by atoms with Gasteiger partial charge >= 0.3 is 5.97 Å². The van der Waals surface area contributed by atoms with Gasteiger partial charge in [0.05, 0.1) is 11.8 Å². The van der Waals surface area contributed by atoms with Gasteiger partial charge in [-0.2, -0.15) is 0 Å². The molecule has 108 valence electrons. The number of aryl methyl sites for hydroxylation is 1. The highest BCUT2D eigenvalue weighted by Crippen LogP contribution is 2.59. The number of carboxylic acid groups (broad SMARTS) is 1. The number of aliphatic carboxylic acids is 1. The van der Waals surface area contributed by atoms with Crippen molar-refractivity contribution < 1.29 is 14.7 Å². The lowest BCUT2D eigenvalue weighted by atomic mass is 10.1. The van der Waals surface area contributed by atoms with Crippen LogP contribution >= 0.6 is 0 Å². The van der Waals surface area contributed by atoms with E-state index < -0.39 is 23.2 Å². The van der Waals surface area contributed by atoms with Gasteiger partial charge in [0.15, 0.2) is 0 Å². The molecular formula is C16H21NO3. The Morgan fingerprint density at radius 3 is 2.40 bits per heavy atom. The van der Waals surface area contributed by atoms with Gasteiger partial charge in [-0.15, -0.1) is 0 Å². The van der Waals surface area contributed by atoms with Crippen molar-refractivity contribution in [3.05, 3.63) is 29.8 Å². The topological polar surface area (TPSA) is 57.6 Å². The van der Waals surface area contributed by atoms with Crippen LogP contribution in [0.25, 0.3) is 0 Å². The minimum absolute atomic E-state index is 0.0875. The normalized spacial score (nSPS) is 23.2. The van der Waals surface area contributed by atoms with E-state index >= 15 is 0 Å². The number of carbonyl (C=O) groups excluding carboxylic acids is 1. The van der Waals surface area contributed by atoms with Crippen LogP contribution in [0.3, 0.4) is 0 Å². The van der Waals surface area contributed by atoms with E-state index in [9.17, 15) is 14.7 Å². The molecule has 0 saturated heterocycles. The zero-order chi connectivity index (χ0) is 15.1. The molecule has 0 aliphatic heterocycles. The molecule has 0 heterocycles. The molecule has 1 amide bonds. The van der Waals surface area contributed by atoms with Gasteiger partial charge in [-0.3, -0.25) is 9.59 Å². The minimum Gasteiger partial charge on any atom is -0.481 e. The lowest BCUT2D eigenvalue weighted by Gasteiger charge is -2.22. The number of hydrogen-bond donors (Lipinski definition) is 1. The SMILES string of the molecule is CCN(C(=O)C1C(C(=O)O)C1(C)C)c1cccc(C)c1. The Labute approximate surface area is 119 Å². The molecule has 4 nitrogen and oxygen atoms in total. The monoisotopic (exact) mass is 275 g/mol. The molecule has 1 aromatic rings. The second kappa shape index (κ2) is 4.93. The highest BCUT2D eigenvalue weighted by Gasteiger charge is 2.66. The number of hydrogen-bond acceptors (Lipinski definition) is 2. The van der Waals surface area contributed by atoms with Gasteiger partial charge in [-0.25, -0.2) is 0 Å². The summed E-state index contributed by atoms with van der Waals surface area (Å²) in [5.41, 5.74) is 1.46. The molecular weight excluding hydrogens is 254 g/mol. The van der Waals surface area contributed by atoms with Crippen LogP contribution in [0.15, 0.2) is 24.3 Å². The number of carboxylic acids is 1. The lowest BCUT2D eigenvalue weighted by Crippen LogP contribution is -2.33. The van der Waals surface area contributed by atoms with Gasteiger partial charge < -0.3 is 10.0 Å². The maximum atomic E-state index is 12.6. The van der Waals surface area contributed by atoms with E-state index in [1.165, 1.54) is 0 Å². The summed E-state index contributed by atoms with van der Waals surface area (Å²) in [7, 11) is 0. The zero-order valence-electron chi connectivity index (χ0n) is 12.4. The smallest absolute Gasteiger partial charge is 0.307 e. The average molecular weight is 275 g/mol. The van der Waals surface area contributed by atoms with E-state index in [0.717, 1.165) is 11.3 Å². The van der Waals surface area contributed by atoms with E-state index in [1.807, 2.05) is 52.0 Å². The van der Waals surface area contributed by atoms with Crippen molar-refractivity contribution >= 4 is 17.6 Å². The van der Waals surface area contributed by atoms with E-state index in [4.69, 9.17) is 0 Å². The summed E-state index contributed by atoms with van der Waals surface area (Å²) in [5.74, 6) is -1.97. The van der Waals surface area contributed by atoms with Gasteiger partial charge in [0.25, 0.3) is 0 Å². The van der Waals surface area contributed by atoms with Crippen molar-refractivity contribution in [3.8, 4) is 0 Å². The molecule has 1 saturated carbocycles. The molecule has 1 aliphatic carbocycles. The maximum Gasteiger partial charge on any atom is 0.307 e. The standard InChI is InChI=1S/C16H21NO3/c1-5-17(11-8-6-7-10(2)9-11)14(18)12-13(15(19)20)16(12,3)4/h6-9,12-13H,5H2,1-4H3,(H,19,20). The summed E-state index contributed by atoms with van der Waals surface area (Å²) in [6.07, 6.45) is 0. The summed E-state index contributed by atoms with van der Waals surface area (Å²) in [6, 6.07) is 7.72. The van der Waals surface area contributed by atoms with E-state index in [2.05, 4.69) is 0 Å². The van der Waals surface area contributed by atoms with Crippen LogP contribution in [0, 0.1) is 24.2 Å². The van der Waals surface area contributed by atoms with Crippen LogP contribution in [-0.4, -0.2) is 23.5 Å². The molecule has 0 aromatic heterocycles. The third-order valence-electron chi connectivity index (χ3n) is 4.26. The zero-order valence-corrected chi connectivity index (χ0v) is 12.4. The molecule has 1 N–H and O–H groups in total. The van der Waals surface area contributed by atoms with Crippen molar-refractivity contribution in [2.45, 2.75) is 27.7 Å². The van der Waals surface area contributed by atoms with Gasteiger partial charge in [-0.05, 0) is 37.0 Å². The first-order chi connectivity index (χ1) is 9.30. The fraction of sp³-hybridized carbons (Fsp3) is 0.500. The average Bonchev–Trinajstić information content (AvgIpc) is 2.93. The largest absolute Gasteiger partial charge is 0.481 e. The molecule has 0 spiro atoms. The Morgan fingerprint density at radius 2 is 1.95 bits per heavy atom. The van der Waals surface area contributed by atoms with Crippen LogP contribution in [0.2, 0.25) is 0 Å². The summed E-state index contributed by atoms with van der Waals surface area (Å²) < 4.78 is 0. The molecule has 0 bridgehead atoms. The first kappa shape index (κ1) is 14.6. The number of rotatable bonds is 4. The first-order valence-electron chi connectivity index (χ1n) is 6.91. The predicted molar refractivity (Wildman–Crippen MR) is 77.6 cm³/mol. The number of nitrogens with zero attached hydrogens (tertiary/aromatic N) is 1. The molecule has 1 fully saturated rings. The van der Waals surface area contributed by atoms with E-state index in [1.54, 1.807) is 4.90 Å². The van der Waals surface area contributed by atoms with Gasteiger partial charge in [0.2, 0.25) is 5.91 Å². The quantitative estimate of drug-likeness (QED) is 0.919. The number of amides is 1. The Bertz CT molecular complexity index is 550. The van der Waals surface area contributed by atoms with Crippen LogP contribution in [-0.2, 0) is 9.59 Å². The van der Waals surface area contributed by atoms with Crippen molar-refractivity contribution in [1.29, 1.82) is 0 Å². The Hall–Kier alpha value is -1.84. The fourth-order valence-electron chi connectivity index (χ4n) is 2.99. The van der Waals surface area contributed by atoms with Crippen LogP contribution in [0.5, 0.6) is 0 Å². The number of benzene rings is 1. The molecule has 2 unspecified atom stereocenters. The Morgan fingerprint density at radius 1 is 1.30 bits per heavy atom. The minimum atomic E-state index is -0.881. The molecule has 2 rings (SSSR count). The molecule has 0 radical (unpaired) electrons. The highest BCUT2D eigenvalue weighted by molar-refractivity contribution is 6.01. The van der Waals surface area contributed by atoms with Crippen LogP contribution in [0.4, 0.5) is 5.69 Å². The van der Waals surface area contributed by atoms with E-state index in [0.29, 0.717) is 6.54 Å². The third-order valence-corrected chi connectivity index (χ3v) is 4.26. The molecule has 1 aliphatic rings. The van der Waals surface area contributed by atoms with Crippen molar-refractivity contribution in [2.75, 3.05) is 11.4 Å². The summed E-state index contributed by atoms with van der Waals surface area (Å²) in [4.78, 5) is 25.5. The van der Waals surface area contributed by atoms with E-state index in [-0.39, 0.29) is 5.91 Å². The molecule has 2 atom stereocenters. The Kier molecular flexibility index (Phi) is 3.59. The number of anilines is 1.